The van der Waals surface area contributed by atoms with Crippen LogP contribution >= 0.6 is 11.6 Å². The molecule has 8 heteroatoms. The quantitative estimate of drug-likeness (QED) is 0.762. The van der Waals surface area contributed by atoms with Crippen molar-refractivity contribution in [3.63, 3.8) is 0 Å². The van der Waals surface area contributed by atoms with Crippen molar-refractivity contribution in [3.05, 3.63) is 11.2 Å². The summed E-state index contributed by atoms with van der Waals surface area (Å²) in [7, 11) is 0. The van der Waals surface area contributed by atoms with Crippen molar-refractivity contribution in [1.82, 2.24) is 15.3 Å². The van der Waals surface area contributed by atoms with Gasteiger partial charge >= 0.3 is 0 Å². The summed E-state index contributed by atoms with van der Waals surface area (Å²) in [4.78, 5) is 15.0. The van der Waals surface area contributed by atoms with Crippen LogP contribution < -0.4 is 15.5 Å². The Morgan fingerprint density at radius 1 is 1.32 bits per heavy atom. The summed E-state index contributed by atoms with van der Waals surface area (Å²) in [5.74, 6) is 1.99. The topological polar surface area (TPSA) is 74.7 Å². The lowest BCUT2D eigenvalue weighted by Crippen LogP contribution is -2.37. The molecule has 3 rings (SSSR count). The molecule has 1 saturated heterocycles. The van der Waals surface area contributed by atoms with Crippen LogP contribution in [0.2, 0.25) is 5.15 Å². The van der Waals surface area contributed by atoms with Crippen molar-refractivity contribution in [2.24, 2.45) is 4.99 Å². The fourth-order valence-corrected chi connectivity index (χ4v) is 2.16. The Morgan fingerprint density at radius 3 is 2.89 bits per heavy atom. The van der Waals surface area contributed by atoms with Gasteiger partial charge in [0.05, 0.1) is 19.8 Å². The van der Waals surface area contributed by atoms with Crippen LogP contribution in [0.4, 0.5) is 11.8 Å². The first-order chi connectivity index (χ1) is 9.31. The molecule has 0 aliphatic carbocycles. The van der Waals surface area contributed by atoms with Gasteiger partial charge in [0.1, 0.15) is 11.0 Å². The highest BCUT2D eigenvalue weighted by atomic mass is 35.5. The summed E-state index contributed by atoms with van der Waals surface area (Å²) in [5, 5.41) is 6.65. The van der Waals surface area contributed by atoms with Crippen LogP contribution in [0.3, 0.4) is 0 Å². The Kier molecular flexibility index (Phi) is 3.65. The number of hydrogen-bond acceptors (Lipinski definition) is 7. The summed E-state index contributed by atoms with van der Waals surface area (Å²) in [5.41, 5.74) is 0. The van der Waals surface area contributed by atoms with E-state index in [0.29, 0.717) is 30.1 Å². The first kappa shape index (κ1) is 12.4. The third-order valence-corrected chi connectivity index (χ3v) is 3.09. The molecule has 0 radical (unpaired) electrons. The van der Waals surface area contributed by atoms with Gasteiger partial charge in [-0.25, -0.2) is 4.98 Å². The van der Waals surface area contributed by atoms with E-state index in [0.717, 1.165) is 32.1 Å². The van der Waals surface area contributed by atoms with Gasteiger partial charge in [-0.3, -0.25) is 4.99 Å². The lowest BCUT2D eigenvalue weighted by molar-refractivity contribution is 0.122. The van der Waals surface area contributed by atoms with Crippen molar-refractivity contribution in [2.75, 3.05) is 49.6 Å². The summed E-state index contributed by atoms with van der Waals surface area (Å²) in [6.07, 6.45) is 0. The molecule has 2 aliphatic rings. The maximum absolute atomic E-state index is 6.05. The Bertz CT molecular complexity index is 488. The first-order valence-electron chi connectivity index (χ1n) is 6.24. The van der Waals surface area contributed by atoms with E-state index in [4.69, 9.17) is 16.3 Å². The molecule has 0 amide bonds. The minimum atomic E-state index is 0.414. The van der Waals surface area contributed by atoms with Crippen molar-refractivity contribution in [1.29, 1.82) is 0 Å². The molecule has 2 N–H and O–H groups in total. The molecule has 0 saturated carbocycles. The van der Waals surface area contributed by atoms with Crippen LogP contribution in [-0.4, -0.2) is 55.3 Å². The zero-order chi connectivity index (χ0) is 13.1. The Labute approximate surface area is 116 Å². The Morgan fingerprint density at radius 2 is 2.16 bits per heavy atom. The third-order valence-electron chi connectivity index (χ3n) is 2.90. The van der Waals surface area contributed by atoms with Gasteiger partial charge < -0.3 is 20.3 Å². The number of hydrogen-bond donors (Lipinski definition) is 2. The second-order valence-corrected chi connectivity index (χ2v) is 4.64. The zero-order valence-corrected chi connectivity index (χ0v) is 11.2. The molecule has 102 valence electrons. The van der Waals surface area contributed by atoms with Gasteiger partial charge in [-0.05, 0) is 0 Å². The number of halogens is 1. The summed E-state index contributed by atoms with van der Waals surface area (Å²) in [6.45, 7) is 4.55. The van der Waals surface area contributed by atoms with E-state index in [1.165, 1.54) is 0 Å². The Hall–Kier alpha value is -1.60. The standard InChI is InChI=1S/C11H15ClN6O/c12-8-7-9(16-10-13-1-2-14-10)17-11(15-8)18-3-5-19-6-4-18/h7H,1-6H2,(H2,13,14,15,16,17). The number of ether oxygens (including phenoxy) is 1. The fourth-order valence-electron chi connectivity index (χ4n) is 1.98. The van der Waals surface area contributed by atoms with Crippen LogP contribution in [0.15, 0.2) is 11.1 Å². The number of rotatable bonds is 2. The van der Waals surface area contributed by atoms with Crippen LogP contribution in [0.5, 0.6) is 0 Å². The number of morpholine rings is 1. The Balaban J connectivity index is 1.78. The second kappa shape index (κ2) is 5.58. The minimum Gasteiger partial charge on any atom is -0.378 e. The molecule has 0 bridgehead atoms. The third kappa shape index (κ3) is 3.05. The van der Waals surface area contributed by atoms with Crippen LogP contribution in [0.25, 0.3) is 0 Å². The lowest BCUT2D eigenvalue weighted by atomic mass is 10.4. The summed E-state index contributed by atoms with van der Waals surface area (Å²) in [6, 6.07) is 1.69. The largest absolute Gasteiger partial charge is 0.378 e. The molecule has 1 fully saturated rings. The summed E-state index contributed by atoms with van der Waals surface area (Å²) < 4.78 is 5.31. The highest BCUT2D eigenvalue weighted by molar-refractivity contribution is 6.29. The van der Waals surface area contributed by atoms with E-state index in [2.05, 4.69) is 30.5 Å². The molecule has 0 atom stereocenters. The van der Waals surface area contributed by atoms with E-state index in [1.54, 1.807) is 6.07 Å². The number of nitrogens with zero attached hydrogens (tertiary/aromatic N) is 4. The van der Waals surface area contributed by atoms with Gasteiger partial charge in [-0.2, -0.15) is 4.98 Å². The molecule has 0 spiro atoms. The molecular weight excluding hydrogens is 268 g/mol. The average molecular weight is 283 g/mol. The molecule has 1 aromatic heterocycles. The minimum absolute atomic E-state index is 0.414. The summed E-state index contributed by atoms with van der Waals surface area (Å²) >= 11 is 6.05. The number of aliphatic imine (C=N–C) groups is 1. The van der Waals surface area contributed by atoms with Crippen LogP contribution in [0, 0.1) is 0 Å². The van der Waals surface area contributed by atoms with Gasteiger partial charge in [0, 0.05) is 25.7 Å². The number of anilines is 2. The second-order valence-electron chi connectivity index (χ2n) is 4.26. The molecule has 19 heavy (non-hydrogen) atoms. The highest BCUT2D eigenvalue weighted by Crippen LogP contribution is 2.18. The van der Waals surface area contributed by atoms with Gasteiger partial charge in [-0.1, -0.05) is 11.6 Å². The fraction of sp³-hybridized carbons (Fsp3) is 0.545. The molecule has 0 aromatic carbocycles. The first-order valence-corrected chi connectivity index (χ1v) is 6.62. The number of aromatic nitrogens is 2. The normalized spacial score (nSPS) is 19.0. The van der Waals surface area contributed by atoms with E-state index < -0.39 is 0 Å². The van der Waals surface area contributed by atoms with Crippen LogP contribution in [0.1, 0.15) is 0 Å². The SMILES string of the molecule is Clc1cc(NC2=NCCN2)nc(N2CCOCC2)n1. The van der Waals surface area contributed by atoms with Gasteiger partial charge in [0.25, 0.3) is 0 Å². The van der Waals surface area contributed by atoms with Gasteiger partial charge in [0.2, 0.25) is 5.95 Å². The zero-order valence-electron chi connectivity index (χ0n) is 10.4. The maximum atomic E-state index is 6.05. The van der Waals surface area contributed by atoms with E-state index in [-0.39, 0.29) is 0 Å². The molecule has 1 aromatic rings. The number of guanidine groups is 1. The predicted molar refractivity (Wildman–Crippen MR) is 74.0 cm³/mol. The van der Waals surface area contributed by atoms with Crippen LogP contribution in [-0.2, 0) is 4.74 Å². The number of nitrogens with one attached hydrogen (secondary N) is 2. The maximum Gasteiger partial charge on any atom is 0.228 e. The molecule has 7 nitrogen and oxygen atoms in total. The predicted octanol–water partition coefficient (Wildman–Crippen LogP) is 0.338. The monoisotopic (exact) mass is 282 g/mol. The van der Waals surface area contributed by atoms with Gasteiger partial charge in [0.15, 0.2) is 5.96 Å². The van der Waals surface area contributed by atoms with Crippen molar-refractivity contribution >= 4 is 29.3 Å². The van der Waals surface area contributed by atoms with Crippen molar-refractivity contribution in [3.8, 4) is 0 Å². The molecule has 3 heterocycles. The van der Waals surface area contributed by atoms with E-state index in [1.807, 2.05) is 0 Å². The van der Waals surface area contributed by atoms with Crippen molar-refractivity contribution in [2.45, 2.75) is 0 Å². The highest BCUT2D eigenvalue weighted by Gasteiger charge is 2.16. The average Bonchev–Trinajstić information content (AvgIpc) is 2.92. The van der Waals surface area contributed by atoms with E-state index >= 15 is 0 Å². The van der Waals surface area contributed by atoms with Gasteiger partial charge in [-0.15, -0.1) is 0 Å². The van der Waals surface area contributed by atoms with Crippen molar-refractivity contribution < 1.29 is 4.74 Å². The van der Waals surface area contributed by atoms with E-state index in [9.17, 15) is 0 Å². The smallest absolute Gasteiger partial charge is 0.228 e. The lowest BCUT2D eigenvalue weighted by Gasteiger charge is -2.27. The molecular formula is C11H15ClN6O. The molecule has 2 aliphatic heterocycles. The molecule has 0 unspecified atom stereocenters.